The van der Waals surface area contributed by atoms with Gasteiger partial charge in [0.15, 0.2) is 0 Å². The van der Waals surface area contributed by atoms with Crippen molar-refractivity contribution < 1.29 is 28.7 Å². The molecule has 0 radical (unpaired) electrons. The van der Waals surface area contributed by atoms with Crippen molar-refractivity contribution in [2.75, 3.05) is 23.5 Å². The van der Waals surface area contributed by atoms with Crippen LogP contribution in [0.1, 0.15) is 19.8 Å². The quantitative estimate of drug-likeness (QED) is 0.286. The SMILES string of the molecule is COc1cccc(N2C[C@@H](C(=O)Oc3cccc(N4C(=O)[C@H]5[C@H](C)C=CC[C@@H]5C4=O)c3)CC2=O)c1. The molecule has 0 N–H and O–H groups in total. The minimum atomic E-state index is -0.637. The molecule has 0 spiro atoms. The van der Waals surface area contributed by atoms with E-state index in [2.05, 4.69) is 0 Å². The number of imide groups is 1. The summed E-state index contributed by atoms with van der Waals surface area (Å²) in [5.74, 6) is -1.70. The zero-order valence-corrected chi connectivity index (χ0v) is 19.5. The first-order valence-electron chi connectivity index (χ1n) is 11.7. The van der Waals surface area contributed by atoms with Crippen molar-refractivity contribution in [2.24, 2.45) is 23.7 Å². The monoisotopic (exact) mass is 474 g/mol. The maximum absolute atomic E-state index is 13.1. The van der Waals surface area contributed by atoms with Crippen LogP contribution >= 0.6 is 0 Å². The molecule has 2 heterocycles. The Morgan fingerprint density at radius 3 is 2.43 bits per heavy atom. The van der Waals surface area contributed by atoms with Crippen LogP contribution in [0.2, 0.25) is 0 Å². The van der Waals surface area contributed by atoms with Gasteiger partial charge in [-0.05, 0) is 36.6 Å². The smallest absolute Gasteiger partial charge is 0.316 e. The van der Waals surface area contributed by atoms with E-state index in [-0.39, 0.29) is 54.2 Å². The predicted molar refractivity (Wildman–Crippen MR) is 128 cm³/mol. The van der Waals surface area contributed by atoms with Gasteiger partial charge in [0, 0.05) is 30.8 Å². The van der Waals surface area contributed by atoms with Gasteiger partial charge in [0.2, 0.25) is 17.7 Å². The van der Waals surface area contributed by atoms with Crippen molar-refractivity contribution in [3.8, 4) is 11.5 Å². The van der Waals surface area contributed by atoms with Crippen LogP contribution in [0, 0.1) is 23.7 Å². The summed E-state index contributed by atoms with van der Waals surface area (Å²) in [7, 11) is 1.55. The van der Waals surface area contributed by atoms with Gasteiger partial charge < -0.3 is 14.4 Å². The minimum Gasteiger partial charge on any atom is -0.497 e. The molecule has 1 aliphatic carbocycles. The fourth-order valence-corrected chi connectivity index (χ4v) is 5.18. The second-order valence-electron chi connectivity index (χ2n) is 9.19. The Labute approximate surface area is 203 Å². The number of benzene rings is 2. The van der Waals surface area contributed by atoms with E-state index in [1.807, 2.05) is 19.1 Å². The number of methoxy groups -OCH3 is 1. The lowest BCUT2D eigenvalue weighted by Gasteiger charge is -2.22. The number of hydrogen-bond donors (Lipinski definition) is 0. The summed E-state index contributed by atoms with van der Waals surface area (Å²) < 4.78 is 10.8. The topological polar surface area (TPSA) is 93.2 Å². The molecule has 2 aliphatic heterocycles. The average molecular weight is 475 g/mol. The Kier molecular flexibility index (Phi) is 5.88. The molecule has 180 valence electrons. The molecule has 2 saturated heterocycles. The van der Waals surface area contributed by atoms with Gasteiger partial charge >= 0.3 is 5.97 Å². The summed E-state index contributed by atoms with van der Waals surface area (Å²) >= 11 is 0. The van der Waals surface area contributed by atoms with Crippen LogP contribution < -0.4 is 19.3 Å². The lowest BCUT2D eigenvalue weighted by molar-refractivity contribution is -0.139. The second kappa shape index (κ2) is 9.02. The third-order valence-electron chi connectivity index (χ3n) is 6.99. The van der Waals surface area contributed by atoms with E-state index in [1.165, 1.54) is 11.0 Å². The van der Waals surface area contributed by atoms with Crippen molar-refractivity contribution in [3.05, 3.63) is 60.7 Å². The number of allylic oxidation sites excluding steroid dienone is 2. The van der Waals surface area contributed by atoms with Gasteiger partial charge in [-0.2, -0.15) is 0 Å². The van der Waals surface area contributed by atoms with E-state index in [9.17, 15) is 19.2 Å². The van der Waals surface area contributed by atoms with E-state index in [4.69, 9.17) is 9.47 Å². The third kappa shape index (κ3) is 4.09. The fraction of sp³-hybridized carbons (Fsp3) is 0.333. The molecule has 2 fully saturated rings. The van der Waals surface area contributed by atoms with Gasteiger partial charge in [0.25, 0.3) is 0 Å². The molecule has 8 nitrogen and oxygen atoms in total. The number of esters is 1. The summed E-state index contributed by atoms with van der Waals surface area (Å²) in [6.45, 7) is 2.14. The van der Waals surface area contributed by atoms with Crippen LogP contribution in [-0.4, -0.2) is 37.3 Å². The van der Waals surface area contributed by atoms with E-state index < -0.39 is 11.9 Å². The van der Waals surface area contributed by atoms with Crippen molar-refractivity contribution in [1.82, 2.24) is 0 Å². The first-order chi connectivity index (χ1) is 16.9. The molecule has 2 aromatic rings. The fourth-order valence-electron chi connectivity index (χ4n) is 5.18. The lowest BCUT2D eigenvalue weighted by atomic mass is 9.78. The summed E-state index contributed by atoms with van der Waals surface area (Å²) in [6, 6.07) is 13.5. The molecule has 5 rings (SSSR count). The molecule has 0 bridgehead atoms. The van der Waals surface area contributed by atoms with Crippen molar-refractivity contribution in [3.63, 3.8) is 0 Å². The molecule has 8 heteroatoms. The van der Waals surface area contributed by atoms with E-state index in [0.717, 1.165) is 0 Å². The van der Waals surface area contributed by atoms with Gasteiger partial charge in [-0.3, -0.25) is 19.2 Å². The van der Waals surface area contributed by atoms with E-state index >= 15 is 0 Å². The van der Waals surface area contributed by atoms with Crippen LogP contribution in [0.15, 0.2) is 60.7 Å². The highest BCUT2D eigenvalue weighted by molar-refractivity contribution is 6.22. The van der Waals surface area contributed by atoms with E-state index in [0.29, 0.717) is 23.5 Å². The van der Waals surface area contributed by atoms with Crippen LogP contribution in [0.3, 0.4) is 0 Å². The maximum Gasteiger partial charge on any atom is 0.316 e. The van der Waals surface area contributed by atoms with Crippen LogP contribution in [0.25, 0.3) is 0 Å². The van der Waals surface area contributed by atoms with Crippen LogP contribution in [-0.2, 0) is 19.2 Å². The number of ether oxygens (including phenoxy) is 2. The van der Waals surface area contributed by atoms with Crippen molar-refractivity contribution in [1.29, 1.82) is 0 Å². The standard InChI is InChI=1S/C27H26N2O6/c1-16-6-3-11-22-24(16)26(32)29(25(22)31)19-8-5-10-21(14-19)35-27(33)17-12-23(30)28(15-17)18-7-4-9-20(13-18)34-2/h3-10,13-14,16-17,22,24H,11-12,15H2,1-2H3/t16-,17+,22+,24+/m1/s1. The first-order valence-corrected chi connectivity index (χ1v) is 11.7. The highest BCUT2D eigenvalue weighted by Crippen LogP contribution is 2.41. The summed E-state index contributed by atoms with van der Waals surface area (Å²) in [5, 5.41) is 0. The Morgan fingerprint density at radius 2 is 1.69 bits per heavy atom. The molecule has 35 heavy (non-hydrogen) atoms. The van der Waals surface area contributed by atoms with Crippen LogP contribution in [0.5, 0.6) is 11.5 Å². The highest BCUT2D eigenvalue weighted by atomic mass is 16.5. The molecule has 3 aliphatic rings. The summed E-state index contributed by atoms with van der Waals surface area (Å²) in [4.78, 5) is 54.3. The Bertz CT molecular complexity index is 1240. The Morgan fingerprint density at radius 1 is 0.971 bits per heavy atom. The summed E-state index contributed by atoms with van der Waals surface area (Å²) in [5.41, 5.74) is 1.04. The second-order valence-corrected chi connectivity index (χ2v) is 9.19. The molecular formula is C27H26N2O6. The molecule has 0 saturated carbocycles. The third-order valence-corrected chi connectivity index (χ3v) is 6.99. The summed E-state index contributed by atoms with van der Waals surface area (Å²) in [6.07, 6.45) is 4.51. The molecule has 2 aromatic carbocycles. The Balaban J connectivity index is 1.29. The zero-order valence-electron chi connectivity index (χ0n) is 19.5. The van der Waals surface area contributed by atoms with Crippen molar-refractivity contribution in [2.45, 2.75) is 19.8 Å². The zero-order chi connectivity index (χ0) is 24.7. The number of carbonyl (C=O) groups excluding carboxylic acids is 4. The van der Waals surface area contributed by atoms with Gasteiger partial charge in [0.1, 0.15) is 11.5 Å². The highest BCUT2D eigenvalue weighted by Gasteiger charge is 2.50. The predicted octanol–water partition coefficient (Wildman–Crippen LogP) is 3.36. The Hall–Kier alpha value is -3.94. The number of anilines is 2. The maximum atomic E-state index is 13.1. The number of fused-ring (bicyclic) bond motifs is 1. The van der Waals surface area contributed by atoms with Gasteiger partial charge in [0.05, 0.1) is 30.6 Å². The largest absolute Gasteiger partial charge is 0.497 e. The van der Waals surface area contributed by atoms with Gasteiger partial charge in [-0.1, -0.05) is 31.2 Å². The molecular weight excluding hydrogens is 448 g/mol. The van der Waals surface area contributed by atoms with Gasteiger partial charge in [-0.25, -0.2) is 4.90 Å². The number of amides is 3. The minimum absolute atomic E-state index is 0.0105. The number of carbonyl (C=O) groups is 4. The number of hydrogen-bond acceptors (Lipinski definition) is 6. The molecule has 0 aromatic heterocycles. The van der Waals surface area contributed by atoms with Crippen molar-refractivity contribution >= 4 is 35.1 Å². The lowest BCUT2D eigenvalue weighted by Crippen LogP contribution is -2.31. The molecule has 4 atom stereocenters. The average Bonchev–Trinajstić information content (AvgIpc) is 3.37. The van der Waals surface area contributed by atoms with E-state index in [1.54, 1.807) is 54.5 Å². The van der Waals surface area contributed by atoms with Gasteiger partial charge in [-0.15, -0.1) is 0 Å². The number of nitrogens with zero attached hydrogens (tertiary/aromatic N) is 2. The molecule has 3 amide bonds. The molecule has 0 unspecified atom stereocenters. The first kappa shape index (κ1) is 22.8. The number of rotatable bonds is 5. The van der Waals surface area contributed by atoms with Crippen LogP contribution in [0.4, 0.5) is 11.4 Å². The normalized spacial score (nSPS) is 25.7.